The van der Waals surface area contributed by atoms with E-state index in [1.165, 1.54) is 23.5 Å². The van der Waals surface area contributed by atoms with Crippen LogP contribution < -0.4 is 4.72 Å². The third-order valence-electron chi connectivity index (χ3n) is 1.90. The largest absolute Gasteiger partial charge is 0.445 e. The summed E-state index contributed by atoms with van der Waals surface area (Å²) in [4.78, 5) is 4.79. The van der Waals surface area contributed by atoms with Gasteiger partial charge < -0.3 is 9.52 Å². The van der Waals surface area contributed by atoms with Crippen molar-refractivity contribution in [2.75, 3.05) is 4.72 Å². The molecule has 0 spiro atoms. The molecule has 0 aliphatic rings. The fourth-order valence-corrected chi connectivity index (χ4v) is 3.01. The van der Waals surface area contributed by atoms with Gasteiger partial charge in [0.25, 0.3) is 10.0 Å². The van der Waals surface area contributed by atoms with Gasteiger partial charge in [0, 0.05) is 11.1 Å². The molecule has 0 amide bonds. The Hall–Kier alpha value is -1.38. The highest BCUT2D eigenvalue weighted by atomic mass is 32.2. The highest BCUT2D eigenvalue weighted by Crippen LogP contribution is 2.22. The number of aliphatic hydroxyl groups is 1. The average Bonchev–Trinajstić information content (AvgIpc) is 2.86. The molecule has 0 bridgehead atoms. The van der Waals surface area contributed by atoms with Crippen LogP contribution in [0.5, 0.6) is 0 Å². The molecule has 92 valence electrons. The van der Waals surface area contributed by atoms with Crippen molar-refractivity contribution in [2.24, 2.45) is 0 Å². The number of hydrogen-bond acceptors (Lipinski definition) is 6. The molecule has 0 aliphatic carbocycles. The number of aliphatic hydroxyl groups excluding tert-OH is 1. The number of hydrogen-bond donors (Lipinski definition) is 2. The molecule has 2 N–H and O–H groups in total. The lowest BCUT2D eigenvalue weighted by atomic mass is 10.5. The summed E-state index contributed by atoms with van der Waals surface area (Å²) in [7, 11) is -3.77. The Morgan fingerprint density at radius 3 is 2.82 bits per heavy atom. The van der Waals surface area contributed by atoms with Crippen molar-refractivity contribution in [2.45, 2.75) is 18.6 Å². The average molecular weight is 274 g/mol. The van der Waals surface area contributed by atoms with E-state index in [0.717, 1.165) is 4.88 Å². The fourth-order valence-electron chi connectivity index (χ4n) is 1.15. The van der Waals surface area contributed by atoms with Crippen molar-refractivity contribution in [3.8, 4) is 0 Å². The van der Waals surface area contributed by atoms with Crippen molar-refractivity contribution in [1.29, 1.82) is 0 Å². The molecule has 0 aromatic carbocycles. The molecule has 0 saturated carbocycles. The van der Waals surface area contributed by atoms with Gasteiger partial charge in [0.15, 0.2) is 5.13 Å². The summed E-state index contributed by atoms with van der Waals surface area (Å²) >= 11 is 1.23. The van der Waals surface area contributed by atoms with Crippen LogP contribution in [0.2, 0.25) is 0 Å². The SMILES string of the molecule is Cc1cnc(NS(=O)(=O)c2ccc(CO)o2)s1. The quantitative estimate of drug-likeness (QED) is 0.877. The molecule has 2 aromatic heterocycles. The summed E-state index contributed by atoms with van der Waals surface area (Å²) in [6, 6.07) is 2.69. The van der Waals surface area contributed by atoms with Gasteiger partial charge >= 0.3 is 0 Å². The van der Waals surface area contributed by atoms with Gasteiger partial charge in [-0.3, -0.25) is 4.72 Å². The first-order chi connectivity index (χ1) is 8.01. The maximum Gasteiger partial charge on any atom is 0.297 e. The molecule has 6 nitrogen and oxygen atoms in total. The number of aryl methyl sites for hydroxylation is 1. The van der Waals surface area contributed by atoms with Gasteiger partial charge in [-0.25, -0.2) is 4.98 Å². The number of rotatable bonds is 4. The minimum absolute atomic E-state index is 0.195. The van der Waals surface area contributed by atoms with Crippen molar-refractivity contribution in [3.63, 3.8) is 0 Å². The highest BCUT2D eigenvalue weighted by Gasteiger charge is 2.20. The van der Waals surface area contributed by atoms with E-state index < -0.39 is 10.0 Å². The second kappa shape index (κ2) is 4.47. The zero-order chi connectivity index (χ0) is 12.5. The van der Waals surface area contributed by atoms with E-state index in [1.807, 2.05) is 6.92 Å². The predicted octanol–water partition coefficient (Wildman–Crippen LogP) is 1.34. The first kappa shape index (κ1) is 12.1. The minimum Gasteiger partial charge on any atom is -0.445 e. The lowest BCUT2D eigenvalue weighted by Gasteiger charge is -2.00. The monoisotopic (exact) mass is 274 g/mol. The molecular weight excluding hydrogens is 264 g/mol. The van der Waals surface area contributed by atoms with Gasteiger partial charge in [0.2, 0.25) is 5.09 Å². The van der Waals surface area contributed by atoms with E-state index in [-0.39, 0.29) is 22.6 Å². The van der Waals surface area contributed by atoms with Gasteiger partial charge in [0.1, 0.15) is 12.4 Å². The number of aromatic nitrogens is 1. The van der Waals surface area contributed by atoms with Crippen LogP contribution in [-0.2, 0) is 16.6 Å². The molecule has 0 unspecified atom stereocenters. The van der Waals surface area contributed by atoms with Crippen molar-refractivity contribution in [1.82, 2.24) is 4.98 Å². The zero-order valence-electron chi connectivity index (χ0n) is 8.87. The summed E-state index contributed by atoms with van der Waals surface area (Å²) in [5.41, 5.74) is 0. The number of nitrogens with one attached hydrogen (secondary N) is 1. The molecule has 2 heterocycles. The first-order valence-corrected chi connectivity index (χ1v) is 6.96. The van der Waals surface area contributed by atoms with Crippen LogP contribution in [0.25, 0.3) is 0 Å². The van der Waals surface area contributed by atoms with Crippen LogP contribution in [0.15, 0.2) is 27.8 Å². The Morgan fingerprint density at radius 1 is 1.53 bits per heavy atom. The van der Waals surface area contributed by atoms with Gasteiger partial charge in [-0.2, -0.15) is 8.42 Å². The van der Waals surface area contributed by atoms with Crippen LogP contribution in [0.3, 0.4) is 0 Å². The maximum atomic E-state index is 11.8. The van der Waals surface area contributed by atoms with Crippen molar-refractivity contribution >= 4 is 26.5 Å². The third kappa shape index (κ3) is 2.65. The second-order valence-corrected chi connectivity index (χ2v) is 6.11. The van der Waals surface area contributed by atoms with Gasteiger partial charge in [-0.15, -0.1) is 11.3 Å². The van der Waals surface area contributed by atoms with E-state index in [2.05, 4.69) is 9.71 Å². The molecule has 17 heavy (non-hydrogen) atoms. The molecule has 8 heteroatoms. The Balaban J connectivity index is 2.24. The lowest BCUT2D eigenvalue weighted by molar-refractivity contribution is 0.236. The number of sulfonamides is 1. The summed E-state index contributed by atoms with van der Waals surface area (Å²) < 4.78 is 30.9. The first-order valence-electron chi connectivity index (χ1n) is 4.66. The Bertz CT molecular complexity index is 614. The van der Waals surface area contributed by atoms with Crippen molar-refractivity contribution in [3.05, 3.63) is 29.0 Å². The van der Waals surface area contributed by atoms with Gasteiger partial charge in [-0.05, 0) is 19.1 Å². The summed E-state index contributed by atoms with van der Waals surface area (Å²) in [5, 5.41) is 8.83. The highest BCUT2D eigenvalue weighted by molar-refractivity contribution is 7.92. The van der Waals surface area contributed by atoms with E-state index in [9.17, 15) is 8.42 Å². The topological polar surface area (TPSA) is 92.4 Å². The Kier molecular flexibility index (Phi) is 3.18. The normalized spacial score (nSPS) is 11.6. The maximum absolute atomic E-state index is 11.8. The molecule has 0 aliphatic heterocycles. The lowest BCUT2D eigenvalue weighted by Crippen LogP contribution is -2.11. The summed E-state index contributed by atoms with van der Waals surface area (Å²) in [6.45, 7) is 1.48. The molecule has 2 aromatic rings. The molecule has 0 radical (unpaired) electrons. The van der Waals surface area contributed by atoms with Crippen LogP contribution in [-0.4, -0.2) is 18.5 Å². The Labute approximate surface area is 102 Å². The third-order valence-corrected chi connectivity index (χ3v) is 4.07. The Morgan fingerprint density at radius 2 is 2.29 bits per heavy atom. The van der Waals surface area contributed by atoms with Crippen LogP contribution >= 0.6 is 11.3 Å². The molecule has 0 saturated heterocycles. The standard InChI is InChI=1S/C9H10N2O4S2/c1-6-4-10-9(16-6)11-17(13,14)8-3-2-7(5-12)15-8/h2-4,12H,5H2,1H3,(H,10,11). The van der Waals surface area contributed by atoms with E-state index in [4.69, 9.17) is 9.52 Å². The number of furan rings is 1. The predicted molar refractivity (Wildman–Crippen MR) is 62.3 cm³/mol. The van der Waals surface area contributed by atoms with E-state index in [1.54, 1.807) is 6.20 Å². The van der Waals surface area contributed by atoms with Crippen LogP contribution in [0.4, 0.5) is 5.13 Å². The smallest absolute Gasteiger partial charge is 0.297 e. The molecule has 2 rings (SSSR count). The van der Waals surface area contributed by atoms with Crippen LogP contribution in [0, 0.1) is 6.92 Å². The second-order valence-electron chi connectivity index (χ2n) is 3.26. The summed E-state index contributed by atoms with van der Waals surface area (Å²) in [5.74, 6) is 0.195. The van der Waals surface area contributed by atoms with E-state index >= 15 is 0 Å². The number of nitrogens with zero attached hydrogens (tertiary/aromatic N) is 1. The number of thiazole rings is 1. The number of anilines is 1. The fraction of sp³-hybridized carbons (Fsp3) is 0.222. The minimum atomic E-state index is -3.77. The van der Waals surface area contributed by atoms with E-state index in [0.29, 0.717) is 0 Å². The van der Waals surface area contributed by atoms with Crippen molar-refractivity contribution < 1.29 is 17.9 Å². The zero-order valence-corrected chi connectivity index (χ0v) is 10.5. The summed E-state index contributed by atoms with van der Waals surface area (Å²) in [6.07, 6.45) is 1.57. The molecule has 0 atom stereocenters. The van der Waals surface area contributed by atoms with Gasteiger partial charge in [0.05, 0.1) is 0 Å². The van der Waals surface area contributed by atoms with Gasteiger partial charge in [-0.1, -0.05) is 0 Å². The molecular formula is C9H10N2O4S2. The molecule has 0 fully saturated rings. The van der Waals surface area contributed by atoms with Crippen LogP contribution in [0.1, 0.15) is 10.6 Å².